The lowest BCUT2D eigenvalue weighted by atomic mass is 10.1. The molecule has 0 radical (unpaired) electrons. The largest absolute Gasteiger partial charge is 0.380 e. The van der Waals surface area contributed by atoms with Gasteiger partial charge >= 0.3 is 0 Å². The van der Waals surface area contributed by atoms with E-state index >= 15 is 0 Å². The van der Waals surface area contributed by atoms with Crippen LogP contribution < -0.4 is 4.90 Å². The van der Waals surface area contributed by atoms with Crippen LogP contribution in [0, 0.1) is 6.92 Å². The zero-order valence-electron chi connectivity index (χ0n) is 10.0. The highest BCUT2D eigenvalue weighted by Crippen LogP contribution is 2.23. The number of aryl methyl sites for hydroxylation is 1. The standard InChI is InChI=1S/C13H19NO2/c1-11-3-4-13(12(9-11)10-15-2)14-5-7-16-8-6-14/h3-4,9H,5-8,10H2,1-2H3. The monoisotopic (exact) mass is 221 g/mol. The fourth-order valence-electron chi connectivity index (χ4n) is 2.10. The third-order valence-corrected chi connectivity index (χ3v) is 2.89. The van der Waals surface area contributed by atoms with E-state index in [0.717, 1.165) is 26.3 Å². The van der Waals surface area contributed by atoms with Gasteiger partial charge in [0.2, 0.25) is 0 Å². The van der Waals surface area contributed by atoms with Crippen molar-refractivity contribution in [3.8, 4) is 0 Å². The predicted molar refractivity (Wildman–Crippen MR) is 64.9 cm³/mol. The molecule has 0 aromatic heterocycles. The Morgan fingerprint density at radius 1 is 1.31 bits per heavy atom. The summed E-state index contributed by atoms with van der Waals surface area (Å²) in [7, 11) is 1.74. The van der Waals surface area contributed by atoms with Crippen LogP contribution in [0.3, 0.4) is 0 Å². The van der Waals surface area contributed by atoms with Crippen LogP contribution in [0.5, 0.6) is 0 Å². The number of rotatable bonds is 3. The van der Waals surface area contributed by atoms with Crippen molar-refractivity contribution in [1.82, 2.24) is 0 Å². The Balaban J connectivity index is 2.23. The molecule has 0 unspecified atom stereocenters. The van der Waals surface area contributed by atoms with Crippen molar-refractivity contribution in [1.29, 1.82) is 0 Å². The third kappa shape index (κ3) is 2.54. The van der Waals surface area contributed by atoms with E-state index in [1.807, 2.05) is 0 Å². The maximum absolute atomic E-state index is 5.37. The van der Waals surface area contributed by atoms with E-state index in [2.05, 4.69) is 30.0 Å². The number of benzene rings is 1. The lowest BCUT2D eigenvalue weighted by molar-refractivity contribution is 0.122. The SMILES string of the molecule is COCc1cc(C)ccc1N1CCOCC1. The molecule has 3 heteroatoms. The number of ether oxygens (including phenoxy) is 2. The van der Waals surface area contributed by atoms with Gasteiger partial charge in [-0.3, -0.25) is 0 Å². The Hall–Kier alpha value is -1.06. The molecule has 1 fully saturated rings. The first-order valence-electron chi connectivity index (χ1n) is 5.72. The van der Waals surface area contributed by atoms with Crippen molar-refractivity contribution in [2.24, 2.45) is 0 Å². The lowest BCUT2D eigenvalue weighted by Crippen LogP contribution is -2.36. The smallest absolute Gasteiger partial charge is 0.0733 e. The summed E-state index contributed by atoms with van der Waals surface area (Å²) in [5, 5.41) is 0. The molecule has 0 bridgehead atoms. The molecule has 0 N–H and O–H groups in total. The van der Waals surface area contributed by atoms with E-state index in [0.29, 0.717) is 6.61 Å². The molecule has 2 rings (SSSR count). The molecule has 1 aromatic rings. The molecule has 1 saturated heterocycles. The fourth-order valence-corrected chi connectivity index (χ4v) is 2.10. The minimum absolute atomic E-state index is 0.675. The van der Waals surface area contributed by atoms with Crippen LogP contribution in [0.2, 0.25) is 0 Å². The maximum atomic E-state index is 5.37. The molecule has 88 valence electrons. The first kappa shape index (κ1) is 11.4. The number of morpholine rings is 1. The number of anilines is 1. The molecule has 1 aliphatic heterocycles. The fraction of sp³-hybridized carbons (Fsp3) is 0.538. The maximum Gasteiger partial charge on any atom is 0.0733 e. The Bertz CT molecular complexity index is 346. The summed E-state index contributed by atoms with van der Waals surface area (Å²) in [4.78, 5) is 2.37. The van der Waals surface area contributed by atoms with E-state index in [-0.39, 0.29) is 0 Å². The minimum Gasteiger partial charge on any atom is -0.380 e. The molecular formula is C13H19NO2. The summed E-state index contributed by atoms with van der Waals surface area (Å²) in [6, 6.07) is 6.55. The molecule has 0 spiro atoms. The Kier molecular flexibility index (Phi) is 3.80. The summed E-state index contributed by atoms with van der Waals surface area (Å²) in [6.45, 7) is 6.37. The van der Waals surface area contributed by atoms with Gasteiger partial charge in [-0.2, -0.15) is 0 Å². The average molecular weight is 221 g/mol. The highest BCUT2D eigenvalue weighted by molar-refractivity contribution is 5.55. The predicted octanol–water partition coefficient (Wildman–Crippen LogP) is 1.98. The van der Waals surface area contributed by atoms with Gasteiger partial charge in [0.1, 0.15) is 0 Å². The highest BCUT2D eigenvalue weighted by atomic mass is 16.5. The van der Waals surface area contributed by atoms with Gasteiger partial charge in [-0.1, -0.05) is 17.7 Å². The Morgan fingerprint density at radius 3 is 2.75 bits per heavy atom. The highest BCUT2D eigenvalue weighted by Gasteiger charge is 2.14. The molecule has 0 aliphatic carbocycles. The van der Waals surface area contributed by atoms with E-state index in [1.54, 1.807) is 7.11 Å². The molecular weight excluding hydrogens is 202 g/mol. The van der Waals surface area contributed by atoms with E-state index in [1.165, 1.54) is 16.8 Å². The minimum atomic E-state index is 0.675. The van der Waals surface area contributed by atoms with Gasteiger partial charge < -0.3 is 14.4 Å². The van der Waals surface area contributed by atoms with Crippen LogP contribution in [-0.4, -0.2) is 33.4 Å². The van der Waals surface area contributed by atoms with Crippen LogP contribution in [-0.2, 0) is 16.1 Å². The van der Waals surface area contributed by atoms with Crippen molar-refractivity contribution >= 4 is 5.69 Å². The Morgan fingerprint density at radius 2 is 2.06 bits per heavy atom. The normalized spacial score (nSPS) is 16.5. The van der Waals surface area contributed by atoms with E-state index < -0.39 is 0 Å². The number of methoxy groups -OCH3 is 1. The summed E-state index contributed by atoms with van der Waals surface area (Å²) in [5.74, 6) is 0. The first-order valence-corrected chi connectivity index (χ1v) is 5.72. The second kappa shape index (κ2) is 5.32. The Labute approximate surface area is 97.0 Å². The van der Waals surface area contributed by atoms with Crippen LogP contribution in [0.4, 0.5) is 5.69 Å². The zero-order chi connectivity index (χ0) is 11.4. The van der Waals surface area contributed by atoms with Gasteiger partial charge in [-0.15, -0.1) is 0 Å². The number of hydrogen-bond acceptors (Lipinski definition) is 3. The van der Waals surface area contributed by atoms with Gasteiger partial charge in [0.05, 0.1) is 19.8 Å². The van der Waals surface area contributed by atoms with Crippen LogP contribution in [0.25, 0.3) is 0 Å². The number of nitrogens with zero attached hydrogens (tertiary/aromatic N) is 1. The average Bonchev–Trinajstić information content (AvgIpc) is 2.31. The summed E-state index contributed by atoms with van der Waals surface area (Å²) < 4.78 is 10.6. The summed E-state index contributed by atoms with van der Waals surface area (Å²) in [6.07, 6.45) is 0. The number of hydrogen-bond donors (Lipinski definition) is 0. The van der Waals surface area contributed by atoms with Crippen LogP contribution in [0.15, 0.2) is 18.2 Å². The third-order valence-electron chi connectivity index (χ3n) is 2.89. The van der Waals surface area contributed by atoms with Crippen LogP contribution in [0.1, 0.15) is 11.1 Å². The molecule has 3 nitrogen and oxygen atoms in total. The quantitative estimate of drug-likeness (QED) is 0.779. The summed E-state index contributed by atoms with van der Waals surface area (Å²) >= 11 is 0. The molecule has 1 aromatic carbocycles. The topological polar surface area (TPSA) is 21.7 Å². The van der Waals surface area contributed by atoms with Gasteiger partial charge in [0, 0.05) is 31.5 Å². The molecule has 16 heavy (non-hydrogen) atoms. The van der Waals surface area contributed by atoms with Crippen molar-refractivity contribution < 1.29 is 9.47 Å². The van der Waals surface area contributed by atoms with E-state index in [4.69, 9.17) is 9.47 Å². The first-order chi connectivity index (χ1) is 7.81. The second-order valence-electron chi connectivity index (χ2n) is 4.16. The van der Waals surface area contributed by atoms with Gasteiger partial charge in [-0.05, 0) is 13.0 Å². The molecule has 1 heterocycles. The molecule has 0 amide bonds. The second-order valence-corrected chi connectivity index (χ2v) is 4.16. The van der Waals surface area contributed by atoms with Crippen molar-refractivity contribution in [3.05, 3.63) is 29.3 Å². The zero-order valence-corrected chi connectivity index (χ0v) is 10.0. The van der Waals surface area contributed by atoms with Crippen molar-refractivity contribution in [2.45, 2.75) is 13.5 Å². The van der Waals surface area contributed by atoms with E-state index in [9.17, 15) is 0 Å². The lowest BCUT2D eigenvalue weighted by Gasteiger charge is -2.30. The summed E-state index contributed by atoms with van der Waals surface area (Å²) in [5.41, 5.74) is 3.84. The van der Waals surface area contributed by atoms with Crippen molar-refractivity contribution in [3.63, 3.8) is 0 Å². The van der Waals surface area contributed by atoms with Gasteiger partial charge in [0.15, 0.2) is 0 Å². The van der Waals surface area contributed by atoms with Crippen LogP contribution >= 0.6 is 0 Å². The van der Waals surface area contributed by atoms with Gasteiger partial charge in [-0.25, -0.2) is 0 Å². The molecule has 1 aliphatic rings. The van der Waals surface area contributed by atoms with Crippen molar-refractivity contribution in [2.75, 3.05) is 38.3 Å². The molecule has 0 atom stereocenters. The molecule has 0 saturated carbocycles. The van der Waals surface area contributed by atoms with Gasteiger partial charge in [0.25, 0.3) is 0 Å².